The summed E-state index contributed by atoms with van der Waals surface area (Å²) < 4.78 is 1.53. The van der Waals surface area contributed by atoms with E-state index in [9.17, 15) is 4.79 Å². The molecule has 0 aliphatic carbocycles. The van der Waals surface area contributed by atoms with Gasteiger partial charge in [0.05, 0.1) is 11.9 Å². The monoisotopic (exact) mass is 271 g/mol. The van der Waals surface area contributed by atoms with Crippen molar-refractivity contribution in [3.8, 4) is 0 Å². The molecule has 102 valence electrons. The van der Waals surface area contributed by atoms with Crippen LogP contribution in [0.25, 0.3) is 0 Å². The average Bonchev–Trinajstić information content (AvgIpc) is 2.82. The topological polar surface area (TPSA) is 77.0 Å². The average molecular weight is 271 g/mol. The lowest BCUT2D eigenvalue weighted by Gasteiger charge is -2.26. The van der Waals surface area contributed by atoms with E-state index >= 15 is 0 Å². The van der Waals surface area contributed by atoms with Crippen molar-refractivity contribution in [2.75, 3.05) is 19.1 Å². The molecule has 6 nitrogen and oxygen atoms in total. The predicted octanol–water partition coefficient (Wildman–Crippen LogP) is 0.337. The van der Waals surface area contributed by atoms with Gasteiger partial charge < -0.3 is 10.6 Å². The molecular formula is C11H21N5OS. The summed E-state index contributed by atoms with van der Waals surface area (Å²) >= 11 is 1.75. The molecule has 0 aromatic carbocycles. The SMILES string of the molecule is CCC(CSC)N(C)C(=O)Cn1cc(CN)nn1. The first kappa shape index (κ1) is 15.0. The molecule has 0 radical (unpaired) electrons. The number of rotatable bonds is 7. The molecule has 1 aromatic rings. The van der Waals surface area contributed by atoms with E-state index in [-0.39, 0.29) is 18.5 Å². The fourth-order valence-electron chi connectivity index (χ4n) is 1.66. The maximum Gasteiger partial charge on any atom is 0.244 e. The summed E-state index contributed by atoms with van der Waals surface area (Å²) in [5.74, 6) is 0.994. The van der Waals surface area contributed by atoms with Crippen molar-refractivity contribution in [2.24, 2.45) is 5.73 Å². The van der Waals surface area contributed by atoms with Gasteiger partial charge in [-0.2, -0.15) is 11.8 Å². The lowest BCUT2D eigenvalue weighted by atomic mass is 10.2. The molecule has 0 aliphatic heterocycles. The minimum absolute atomic E-state index is 0.0457. The lowest BCUT2D eigenvalue weighted by Crippen LogP contribution is -2.40. The first-order valence-electron chi connectivity index (χ1n) is 5.96. The van der Waals surface area contributed by atoms with E-state index in [0.29, 0.717) is 12.2 Å². The molecule has 1 heterocycles. The van der Waals surface area contributed by atoms with Gasteiger partial charge in [0, 0.05) is 25.4 Å². The Morgan fingerprint density at radius 3 is 2.89 bits per heavy atom. The van der Waals surface area contributed by atoms with Crippen LogP contribution in [0.3, 0.4) is 0 Å². The van der Waals surface area contributed by atoms with Gasteiger partial charge in [0.1, 0.15) is 6.54 Å². The molecule has 0 aliphatic rings. The second-order valence-electron chi connectivity index (χ2n) is 4.13. The number of nitrogens with zero attached hydrogens (tertiary/aromatic N) is 4. The van der Waals surface area contributed by atoms with Crippen LogP contribution in [0.1, 0.15) is 19.0 Å². The highest BCUT2D eigenvalue weighted by molar-refractivity contribution is 7.98. The minimum Gasteiger partial charge on any atom is -0.340 e. The van der Waals surface area contributed by atoms with Gasteiger partial charge in [-0.05, 0) is 12.7 Å². The van der Waals surface area contributed by atoms with Gasteiger partial charge >= 0.3 is 0 Å². The van der Waals surface area contributed by atoms with E-state index in [2.05, 4.69) is 17.2 Å². The predicted molar refractivity (Wildman–Crippen MR) is 73.1 cm³/mol. The number of hydrogen-bond donors (Lipinski definition) is 1. The van der Waals surface area contributed by atoms with Crippen LogP contribution in [-0.2, 0) is 17.9 Å². The van der Waals surface area contributed by atoms with Crippen LogP contribution < -0.4 is 5.73 Å². The van der Waals surface area contributed by atoms with E-state index in [1.807, 2.05) is 13.3 Å². The fraction of sp³-hybridized carbons (Fsp3) is 0.727. The summed E-state index contributed by atoms with van der Waals surface area (Å²) in [5.41, 5.74) is 6.15. The maximum atomic E-state index is 12.1. The molecule has 18 heavy (non-hydrogen) atoms. The van der Waals surface area contributed by atoms with Gasteiger partial charge in [0.15, 0.2) is 0 Å². The summed E-state index contributed by atoms with van der Waals surface area (Å²) in [7, 11) is 1.84. The molecule has 1 amide bonds. The Labute approximate surface area is 112 Å². The number of carbonyl (C=O) groups excluding carboxylic acids is 1. The molecule has 2 N–H and O–H groups in total. The smallest absolute Gasteiger partial charge is 0.244 e. The Hall–Kier alpha value is -1.08. The quantitative estimate of drug-likeness (QED) is 0.773. The third-order valence-electron chi connectivity index (χ3n) is 2.86. The lowest BCUT2D eigenvalue weighted by molar-refractivity contribution is -0.132. The summed E-state index contributed by atoms with van der Waals surface area (Å²) in [4.78, 5) is 13.9. The zero-order chi connectivity index (χ0) is 13.5. The molecule has 1 atom stereocenters. The highest BCUT2D eigenvalue weighted by Gasteiger charge is 2.18. The molecule has 0 fully saturated rings. The number of aromatic nitrogens is 3. The number of carbonyl (C=O) groups is 1. The van der Waals surface area contributed by atoms with E-state index in [0.717, 1.165) is 12.2 Å². The van der Waals surface area contributed by atoms with E-state index in [1.54, 1.807) is 22.9 Å². The number of amides is 1. The second kappa shape index (κ2) is 7.38. The Morgan fingerprint density at radius 1 is 1.67 bits per heavy atom. The van der Waals surface area contributed by atoms with E-state index in [1.165, 1.54) is 4.68 Å². The first-order chi connectivity index (χ1) is 8.62. The molecule has 0 bridgehead atoms. The molecule has 7 heteroatoms. The Morgan fingerprint density at radius 2 is 2.39 bits per heavy atom. The molecule has 1 aromatic heterocycles. The van der Waals surface area contributed by atoms with E-state index < -0.39 is 0 Å². The Balaban J connectivity index is 2.58. The Bertz CT molecular complexity index is 381. The number of nitrogens with two attached hydrogens (primary N) is 1. The summed E-state index contributed by atoms with van der Waals surface area (Å²) in [5, 5.41) is 7.74. The first-order valence-corrected chi connectivity index (χ1v) is 7.35. The molecule has 0 saturated heterocycles. The fourth-order valence-corrected chi connectivity index (χ4v) is 2.50. The van der Waals surface area contributed by atoms with Gasteiger partial charge in [0.25, 0.3) is 0 Å². The third-order valence-corrected chi connectivity index (χ3v) is 3.58. The van der Waals surface area contributed by atoms with Crippen molar-refractivity contribution in [3.63, 3.8) is 0 Å². The highest BCUT2D eigenvalue weighted by atomic mass is 32.2. The van der Waals surface area contributed by atoms with Crippen molar-refractivity contribution in [3.05, 3.63) is 11.9 Å². The minimum atomic E-state index is 0.0457. The number of thioether (sulfide) groups is 1. The van der Waals surface area contributed by atoms with Gasteiger partial charge in [0.2, 0.25) is 5.91 Å². The molecular weight excluding hydrogens is 250 g/mol. The molecule has 0 spiro atoms. The van der Waals surface area contributed by atoms with Crippen molar-refractivity contribution in [1.82, 2.24) is 19.9 Å². The zero-order valence-electron chi connectivity index (χ0n) is 11.2. The molecule has 1 rings (SSSR count). The third kappa shape index (κ3) is 3.99. The van der Waals surface area contributed by atoms with Crippen LogP contribution in [0.15, 0.2) is 6.20 Å². The number of hydrogen-bond acceptors (Lipinski definition) is 5. The zero-order valence-corrected chi connectivity index (χ0v) is 12.0. The van der Waals surface area contributed by atoms with Crippen molar-refractivity contribution in [2.45, 2.75) is 32.5 Å². The van der Waals surface area contributed by atoms with Crippen molar-refractivity contribution in [1.29, 1.82) is 0 Å². The maximum absolute atomic E-state index is 12.1. The highest BCUT2D eigenvalue weighted by Crippen LogP contribution is 2.09. The van der Waals surface area contributed by atoms with Gasteiger partial charge in [-0.1, -0.05) is 12.1 Å². The van der Waals surface area contributed by atoms with E-state index in [4.69, 9.17) is 5.73 Å². The van der Waals surface area contributed by atoms with Gasteiger partial charge in [-0.25, -0.2) is 4.68 Å². The van der Waals surface area contributed by atoms with Gasteiger partial charge in [-0.3, -0.25) is 4.79 Å². The van der Waals surface area contributed by atoms with Gasteiger partial charge in [-0.15, -0.1) is 5.10 Å². The van der Waals surface area contributed by atoms with Crippen LogP contribution >= 0.6 is 11.8 Å². The normalized spacial score (nSPS) is 12.4. The molecule has 1 unspecified atom stereocenters. The largest absolute Gasteiger partial charge is 0.340 e. The summed E-state index contributed by atoms with van der Waals surface area (Å²) in [6.45, 7) is 2.65. The van der Waals surface area contributed by atoms with Crippen LogP contribution in [0.2, 0.25) is 0 Å². The standard InChI is InChI=1S/C11H21N5OS/c1-4-10(8-18-3)15(2)11(17)7-16-6-9(5-12)13-14-16/h6,10H,4-5,7-8,12H2,1-3H3. The van der Waals surface area contributed by atoms with Crippen molar-refractivity contribution >= 4 is 17.7 Å². The van der Waals surface area contributed by atoms with Crippen molar-refractivity contribution < 1.29 is 4.79 Å². The van der Waals surface area contributed by atoms with Crippen LogP contribution in [0.5, 0.6) is 0 Å². The van der Waals surface area contributed by atoms with Crippen LogP contribution in [0, 0.1) is 0 Å². The van der Waals surface area contributed by atoms with Crippen LogP contribution in [-0.4, -0.2) is 50.9 Å². The molecule has 0 saturated carbocycles. The number of likely N-dealkylation sites (N-methyl/N-ethyl adjacent to an activating group) is 1. The second-order valence-corrected chi connectivity index (χ2v) is 5.04. The van der Waals surface area contributed by atoms with Crippen LogP contribution in [0.4, 0.5) is 0 Å². The summed E-state index contributed by atoms with van der Waals surface area (Å²) in [6.07, 6.45) is 4.71. The summed E-state index contributed by atoms with van der Waals surface area (Å²) in [6, 6.07) is 0.269. The Kier molecular flexibility index (Phi) is 6.14.